The van der Waals surface area contributed by atoms with Gasteiger partial charge in [0.15, 0.2) is 5.78 Å². The Bertz CT molecular complexity index is 518. The predicted molar refractivity (Wildman–Crippen MR) is 87.0 cm³/mol. The smallest absolute Gasteiger partial charge is 0.311 e. The minimum atomic E-state index is -0.0590. The van der Waals surface area contributed by atoms with Crippen molar-refractivity contribution in [3.63, 3.8) is 0 Å². The number of nitrogens with one attached hydrogen (secondary N) is 1. The van der Waals surface area contributed by atoms with Crippen molar-refractivity contribution in [1.82, 2.24) is 5.32 Å². The molecule has 1 aromatic carbocycles. The van der Waals surface area contributed by atoms with Crippen molar-refractivity contribution >= 4 is 40.1 Å². The van der Waals surface area contributed by atoms with Crippen LogP contribution in [0, 0.1) is 5.92 Å². The van der Waals surface area contributed by atoms with E-state index in [9.17, 15) is 9.59 Å². The summed E-state index contributed by atoms with van der Waals surface area (Å²) in [4.78, 5) is 21.9. The van der Waals surface area contributed by atoms with Crippen LogP contribution < -0.4 is 5.32 Å². The van der Waals surface area contributed by atoms with Gasteiger partial charge in [-0.3, -0.25) is 9.59 Å². The van der Waals surface area contributed by atoms with Crippen LogP contribution in [-0.2, 0) is 16.0 Å². The lowest BCUT2D eigenvalue weighted by atomic mass is 10.0. The monoisotopic (exact) mass is 375 g/mol. The van der Waals surface area contributed by atoms with Crippen molar-refractivity contribution in [2.24, 2.45) is 5.92 Å². The first-order chi connectivity index (χ1) is 9.61. The fourth-order valence-electron chi connectivity index (χ4n) is 2.14. The molecule has 0 amide bonds. The molecular formula is C15H19BrClNO3. The molecule has 1 saturated heterocycles. The topological polar surface area (TPSA) is 55.4 Å². The lowest BCUT2D eigenvalue weighted by Crippen LogP contribution is -2.47. The molecular weight excluding hydrogens is 358 g/mol. The Morgan fingerprint density at radius 1 is 1.38 bits per heavy atom. The van der Waals surface area contributed by atoms with E-state index in [2.05, 4.69) is 21.2 Å². The number of ketones is 1. The van der Waals surface area contributed by atoms with Gasteiger partial charge in [0.25, 0.3) is 0 Å². The van der Waals surface area contributed by atoms with Crippen molar-refractivity contribution in [1.29, 1.82) is 0 Å². The molecule has 0 bridgehead atoms. The number of aryl methyl sites for hydroxylation is 1. The van der Waals surface area contributed by atoms with E-state index in [1.54, 1.807) is 0 Å². The number of benzene rings is 1. The van der Waals surface area contributed by atoms with E-state index >= 15 is 0 Å². The van der Waals surface area contributed by atoms with Gasteiger partial charge in [-0.2, -0.15) is 0 Å². The third-order valence-corrected chi connectivity index (χ3v) is 3.88. The van der Waals surface area contributed by atoms with Gasteiger partial charge in [0, 0.05) is 29.5 Å². The van der Waals surface area contributed by atoms with Gasteiger partial charge in [-0.05, 0) is 31.0 Å². The average Bonchev–Trinajstić information content (AvgIpc) is 2.69. The molecule has 0 atom stereocenters. The number of esters is 1. The number of hydrogen-bond donors (Lipinski definition) is 1. The van der Waals surface area contributed by atoms with Crippen LogP contribution in [0.4, 0.5) is 0 Å². The maximum absolute atomic E-state index is 11.2. The van der Waals surface area contributed by atoms with Crippen LogP contribution in [0.15, 0.2) is 22.7 Å². The lowest BCUT2D eigenvalue weighted by Gasteiger charge is -2.24. The number of carbonyl (C=O) groups is 2. The zero-order valence-electron chi connectivity index (χ0n) is 11.9. The van der Waals surface area contributed by atoms with Crippen LogP contribution in [0.1, 0.15) is 29.3 Å². The molecule has 6 heteroatoms. The fraction of sp³-hybridized carbons (Fsp3) is 0.467. The van der Waals surface area contributed by atoms with Gasteiger partial charge in [0.1, 0.15) is 0 Å². The zero-order valence-corrected chi connectivity index (χ0v) is 14.3. The van der Waals surface area contributed by atoms with E-state index in [1.807, 2.05) is 25.1 Å². The third kappa shape index (κ3) is 4.80. The fourth-order valence-corrected chi connectivity index (χ4v) is 2.55. The van der Waals surface area contributed by atoms with Crippen LogP contribution >= 0.6 is 28.3 Å². The Morgan fingerprint density at radius 2 is 2.10 bits per heavy atom. The molecule has 1 aliphatic carbocycles. The highest BCUT2D eigenvalue weighted by molar-refractivity contribution is 9.10. The van der Waals surface area contributed by atoms with Crippen LogP contribution in [-0.4, -0.2) is 31.4 Å². The molecule has 0 radical (unpaired) electrons. The average molecular weight is 377 g/mol. The first-order valence-corrected chi connectivity index (χ1v) is 7.60. The minimum absolute atomic E-state index is 0. The van der Waals surface area contributed by atoms with E-state index in [0.29, 0.717) is 13.0 Å². The first-order valence-electron chi connectivity index (χ1n) is 6.80. The van der Waals surface area contributed by atoms with Crippen molar-refractivity contribution in [2.75, 3.05) is 19.7 Å². The Morgan fingerprint density at radius 3 is 2.67 bits per heavy atom. The Hall–Kier alpha value is -0.910. The van der Waals surface area contributed by atoms with E-state index in [1.165, 1.54) is 5.56 Å². The van der Waals surface area contributed by atoms with Crippen LogP contribution in [0.25, 0.3) is 0 Å². The van der Waals surface area contributed by atoms with Crippen LogP contribution in [0.3, 0.4) is 0 Å². The summed E-state index contributed by atoms with van der Waals surface area (Å²) >= 11 is 3.37. The molecule has 3 rings (SSSR count). The SMILES string of the molecule is CCOC(=O)C1CNC1.Cl.O=C1CCc2cc(Br)ccc21. The molecule has 1 fully saturated rings. The number of Topliss-reactive ketones (excluding diaryl/α,β-unsaturated/α-hetero) is 1. The number of carbonyl (C=O) groups excluding carboxylic acids is 2. The van der Waals surface area contributed by atoms with E-state index in [-0.39, 0.29) is 30.1 Å². The number of fused-ring (bicyclic) bond motifs is 1. The van der Waals surface area contributed by atoms with E-state index in [4.69, 9.17) is 4.74 Å². The van der Waals surface area contributed by atoms with Gasteiger partial charge >= 0.3 is 5.97 Å². The summed E-state index contributed by atoms with van der Waals surface area (Å²) in [6.07, 6.45) is 1.60. The van der Waals surface area contributed by atoms with E-state index < -0.39 is 0 Å². The Labute approximate surface area is 139 Å². The maximum atomic E-state index is 11.2. The molecule has 1 aromatic rings. The van der Waals surface area contributed by atoms with Gasteiger partial charge < -0.3 is 10.1 Å². The van der Waals surface area contributed by atoms with Gasteiger partial charge in [-0.1, -0.05) is 22.0 Å². The molecule has 2 aliphatic rings. The largest absolute Gasteiger partial charge is 0.466 e. The second kappa shape index (κ2) is 8.51. The number of halogens is 2. The number of hydrogen-bond acceptors (Lipinski definition) is 4. The summed E-state index contributed by atoms with van der Waals surface area (Å²) in [6, 6.07) is 5.84. The standard InChI is InChI=1S/C9H7BrO.C6H11NO2.ClH/c10-7-2-3-8-6(5-7)1-4-9(8)11;1-2-9-6(8)5-3-7-4-5;/h2-3,5H,1,4H2;5,7H,2-4H2,1H3;1H. The molecule has 4 nitrogen and oxygen atoms in total. The summed E-state index contributed by atoms with van der Waals surface area (Å²) in [7, 11) is 0. The highest BCUT2D eigenvalue weighted by Crippen LogP contribution is 2.24. The van der Waals surface area contributed by atoms with Crippen molar-refractivity contribution in [3.05, 3.63) is 33.8 Å². The molecule has 1 N–H and O–H groups in total. The van der Waals surface area contributed by atoms with Crippen molar-refractivity contribution in [3.8, 4) is 0 Å². The molecule has 21 heavy (non-hydrogen) atoms. The van der Waals surface area contributed by atoms with Gasteiger partial charge in [-0.25, -0.2) is 0 Å². The molecule has 0 unspecified atom stereocenters. The summed E-state index contributed by atoms with van der Waals surface area (Å²) in [5, 5.41) is 3.00. The normalized spacial score (nSPS) is 16.0. The number of ether oxygens (including phenoxy) is 1. The van der Waals surface area contributed by atoms with Crippen molar-refractivity contribution < 1.29 is 14.3 Å². The summed E-state index contributed by atoms with van der Waals surface area (Å²) in [5.41, 5.74) is 2.09. The van der Waals surface area contributed by atoms with Gasteiger partial charge in [0.2, 0.25) is 0 Å². The molecule has 116 valence electrons. The summed E-state index contributed by atoms with van der Waals surface area (Å²) < 4.78 is 5.83. The van der Waals surface area contributed by atoms with E-state index in [0.717, 1.165) is 29.5 Å². The Balaban J connectivity index is 0.000000205. The second-order valence-electron chi connectivity index (χ2n) is 4.83. The highest BCUT2D eigenvalue weighted by Gasteiger charge is 2.25. The molecule has 0 saturated carbocycles. The van der Waals surface area contributed by atoms with Gasteiger partial charge in [0.05, 0.1) is 12.5 Å². The zero-order chi connectivity index (χ0) is 14.5. The second-order valence-corrected chi connectivity index (χ2v) is 5.75. The molecule has 1 heterocycles. The Kier molecular flexibility index (Phi) is 7.35. The summed E-state index contributed by atoms with van der Waals surface area (Å²) in [5.74, 6) is 0.355. The third-order valence-electron chi connectivity index (χ3n) is 3.39. The van der Waals surface area contributed by atoms with Crippen LogP contribution in [0.2, 0.25) is 0 Å². The van der Waals surface area contributed by atoms with Crippen molar-refractivity contribution in [2.45, 2.75) is 19.8 Å². The van der Waals surface area contributed by atoms with Gasteiger partial charge in [-0.15, -0.1) is 12.4 Å². The molecule has 0 aromatic heterocycles. The minimum Gasteiger partial charge on any atom is -0.466 e. The maximum Gasteiger partial charge on any atom is 0.311 e. The first kappa shape index (κ1) is 18.1. The summed E-state index contributed by atoms with van der Waals surface area (Å²) in [6.45, 7) is 3.90. The predicted octanol–water partition coefficient (Wildman–Crippen LogP) is 2.77. The quantitative estimate of drug-likeness (QED) is 0.807. The molecule has 0 spiro atoms. The number of rotatable bonds is 2. The van der Waals surface area contributed by atoms with Crippen LogP contribution in [0.5, 0.6) is 0 Å². The highest BCUT2D eigenvalue weighted by atomic mass is 79.9. The molecule has 1 aliphatic heterocycles. The lowest BCUT2D eigenvalue weighted by molar-refractivity contribution is -0.149.